The average molecular weight is 254 g/mol. The minimum atomic E-state index is -0.134. The Bertz CT molecular complexity index is 293. The number of nitrogens with zero attached hydrogens (tertiary/aromatic N) is 1. The van der Waals surface area contributed by atoms with Crippen molar-refractivity contribution in [2.75, 3.05) is 32.8 Å². The first-order chi connectivity index (χ1) is 8.40. The monoisotopic (exact) mass is 254 g/mol. The number of rotatable bonds is 1. The van der Waals surface area contributed by atoms with Crippen LogP contribution < -0.4 is 5.32 Å². The Morgan fingerprint density at radius 3 is 2.44 bits per heavy atom. The van der Waals surface area contributed by atoms with Crippen LogP contribution in [-0.4, -0.2) is 43.8 Å². The second-order valence-corrected chi connectivity index (χ2v) is 7.03. The molecule has 0 bridgehead atoms. The van der Waals surface area contributed by atoms with Crippen LogP contribution in [0, 0.1) is 10.8 Å². The maximum absolute atomic E-state index is 11.9. The lowest BCUT2D eigenvalue weighted by molar-refractivity contribution is 0.0507. The molecule has 2 saturated heterocycles. The third-order valence-electron chi connectivity index (χ3n) is 4.04. The highest BCUT2D eigenvalue weighted by molar-refractivity contribution is 5.67. The molecule has 1 spiro atoms. The Hall–Kier alpha value is -0.770. The molecule has 0 aromatic carbocycles. The summed E-state index contributed by atoms with van der Waals surface area (Å²) in [5.74, 6) is 0. The van der Waals surface area contributed by atoms with Crippen molar-refractivity contribution in [3.8, 4) is 0 Å². The summed E-state index contributed by atoms with van der Waals surface area (Å²) in [7, 11) is 0. The fraction of sp³-hybridized carbons (Fsp3) is 0.929. The van der Waals surface area contributed by atoms with Crippen LogP contribution in [0.1, 0.15) is 40.0 Å². The van der Waals surface area contributed by atoms with E-state index in [1.807, 2.05) is 4.90 Å². The summed E-state index contributed by atoms with van der Waals surface area (Å²) in [5.41, 5.74) is 0.503. The summed E-state index contributed by atoms with van der Waals surface area (Å²) in [5, 5.41) is 3.44. The molecule has 0 atom stereocenters. The molecule has 2 heterocycles. The Kier molecular flexibility index (Phi) is 3.85. The first kappa shape index (κ1) is 13.7. The molecule has 18 heavy (non-hydrogen) atoms. The number of amides is 1. The summed E-state index contributed by atoms with van der Waals surface area (Å²) < 4.78 is 5.37. The van der Waals surface area contributed by atoms with Gasteiger partial charge in [-0.3, -0.25) is 0 Å². The van der Waals surface area contributed by atoms with Crippen molar-refractivity contribution in [3.05, 3.63) is 0 Å². The first-order valence-corrected chi connectivity index (χ1v) is 7.03. The molecule has 104 valence electrons. The molecule has 4 heteroatoms. The Morgan fingerprint density at radius 2 is 1.94 bits per heavy atom. The quantitative estimate of drug-likeness (QED) is 0.780. The molecular weight excluding hydrogens is 228 g/mol. The van der Waals surface area contributed by atoms with Crippen molar-refractivity contribution in [2.24, 2.45) is 10.8 Å². The van der Waals surface area contributed by atoms with E-state index in [1.165, 1.54) is 6.42 Å². The number of hydrogen-bond donors (Lipinski definition) is 1. The van der Waals surface area contributed by atoms with E-state index >= 15 is 0 Å². The zero-order chi connectivity index (χ0) is 13.2. The summed E-state index contributed by atoms with van der Waals surface area (Å²) in [6.45, 7) is 10.7. The fourth-order valence-corrected chi connectivity index (χ4v) is 2.76. The van der Waals surface area contributed by atoms with Gasteiger partial charge in [0.05, 0.1) is 6.61 Å². The van der Waals surface area contributed by atoms with Gasteiger partial charge in [0.15, 0.2) is 0 Å². The van der Waals surface area contributed by atoms with Crippen LogP contribution in [0.2, 0.25) is 0 Å². The number of carbonyl (C=O) groups excluding carboxylic acids is 1. The molecule has 0 saturated carbocycles. The standard InChI is InChI=1S/C14H26N2O2/c1-13(2,3)11-18-12(17)16-8-5-14(6-9-16)4-7-15-10-14/h15H,4-11H2,1-3H3. The van der Waals surface area contributed by atoms with Gasteiger partial charge in [-0.15, -0.1) is 0 Å². The number of piperidine rings is 1. The second kappa shape index (κ2) is 5.08. The lowest BCUT2D eigenvalue weighted by atomic mass is 9.78. The predicted octanol–water partition coefficient (Wildman–Crippen LogP) is 2.24. The Morgan fingerprint density at radius 1 is 1.28 bits per heavy atom. The second-order valence-electron chi connectivity index (χ2n) is 7.03. The van der Waals surface area contributed by atoms with Gasteiger partial charge < -0.3 is 15.0 Å². The van der Waals surface area contributed by atoms with E-state index in [1.54, 1.807) is 0 Å². The number of carbonyl (C=O) groups is 1. The van der Waals surface area contributed by atoms with Crippen molar-refractivity contribution in [1.29, 1.82) is 0 Å². The van der Waals surface area contributed by atoms with Crippen LogP contribution in [0.15, 0.2) is 0 Å². The number of nitrogens with one attached hydrogen (secondary N) is 1. The van der Waals surface area contributed by atoms with Gasteiger partial charge in [-0.05, 0) is 36.6 Å². The molecule has 0 unspecified atom stereocenters. The molecule has 0 aromatic heterocycles. The van der Waals surface area contributed by atoms with Gasteiger partial charge in [0.2, 0.25) is 0 Å². The third kappa shape index (κ3) is 3.37. The Labute approximate surface area is 110 Å². The zero-order valence-corrected chi connectivity index (χ0v) is 11.9. The van der Waals surface area contributed by atoms with Crippen molar-refractivity contribution >= 4 is 6.09 Å². The molecule has 0 radical (unpaired) electrons. The maximum atomic E-state index is 11.9. The molecule has 2 rings (SSSR count). The van der Waals surface area contributed by atoms with Crippen LogP contribution >= 0.6 is 0 Å². The van der Waals surface area contributed by atoms with E-state index in [0.717, 1.165) is 39.0 Å². The van der Waals surface area contributed by atoms with Crippen LogP contribution in [0.5, 0.6) is 0 Å². The molecule has 2 aliphatic heterocycles. The van der Waals surface area contributed by atoms with Crippen molar-refractivity contribution in [1.82, 2.24) is 10.2 Å². The van der Waals surface area contributed by atoms with Gasteiger partial charge in [-0.25, -0.2) is 4.79 Å². The molecule has 2 aliphatic rings. The van der Waals surface area contributed by atoms with Gasteiger partial charge in [0, 0.05) is 19.6 Å². The van der Waals surface area contributed by atoms with Crippen LogP contribution in [0.4, 0.5) is 4.79 Å². The minimum absolute atomic E-state index is 0.0437. The zero-order valence-electron chi connectivity index (χ0n) is 11.9. The van der Waals surface area contributed by atoms with Gasteiger partial charge in [0.25, 0.3) is 0 Å². The summed E-state index contributed by atoms with van der Waals surface area (Å²) in [4.78, 5) is 13.8. The van der Waals surface area contributed by atoms with E-state index in [0.29, 0.717) is 12.0 Å². The highest BCUT2D eigenvalue weighted by Gasteiger charge is 2.38. The molecule has 2 fully saturated rings. The first-order valence-electron chi connectivity index (χ1n) is 7.03. The molecule has 4 nitrogen and oxygen atoms in total. The highest BCUT2D eigenvalue weighted by atomic mass is 16.6. The molecule has 1 amide bonds. The summed E-state index contributed by atoms with van der Waals surface area (Å²) >= 11 is 0. The SMILES string of the molecule is CC(C)(C)COC(=O)N1CCC2(CCNC2)CC1. The van der Waals surface area contributed by atoms with E-state index in [-0.39, 0.29) is 11.5 Å². The van der Waals surface area contributed by atoms with Crippen molar-refractivity contribution in [2.45, 2.75) is 40.0 Å². The van der Waals surface area contributed by atoms with Gasteiger partial charge in [-0.1, -0.05) is 20.8 Å². The van der Waals surface area contributed by atoms with E-state index < -0.39 is 0 Å². The van der Waals surface area contributed by atoms with Crippen molar-refractivity contribution < 1.29 is 9.53 Å². The van der Waals surface area contributed by atoms with Gasteiger partial charge >= 0.3 is 6.09 Å². The van der Waals surface area contributed by atoms with E-state index in [4.69, 9.17) is 4.74 Å². The van der Waals surface area contributed by atoms with Gasteiger partial charge in [-0.2, -0.15) is 0 Å². The van der Waals surface area contributed by atoms with Crippen LogP contribution in [0.25, 0.3) is 0 Å². The summed E-state index contributed by atoms with van der Waals surface area (Å²) in [6.07, 6.45) is 3.36. The topological polar surface area (TPSA) is 41.6 Å². The Balaban J connectivity index is 1.77. The molecule has 0 aliphatic carbocycles. The smallest absolute Gasteiger partial charge is 0.409 e. The van der Waals surface area contributed by atoms with Gasteiger partial charge in [0.1, 0.15) is 0 Å². The summed E-state index contributed by atoms with van der Waals surface area (Å²) in [6, 6.07) is 0. The normalized spacial score (nSPS) is 23.4. The van der Waals surface area contributed by atoms with Crippen LogP contribution in [-0.2, 0) is 4.74 Å². The van der Waals surface area contributed by atoms with Crippen molar-refractivity contribution in [3.63, 3.8) is 0 Å². The number of likely N-dealkylation sites (tertiary alicyclic amines) is 1. The lowest BCUT2D eigenvalue weighted by Gasteiger charge is -2.38. The molecule has 1 N–H and O–H groups in total. The van der Waals surface area contributed by atoms with E-state index in [9.17, 15) is 4.79 Å². The fourth-order valence-electron chi connectivity index (χ4n) is 2.76. The lowest BCUT2D eigenvalue weighted by Crippen LogP contribution is -2.44. The molecule has 0 aromatic rings. The maximum Gasteiger partial charge on any atom is 0.409 e. The minimum Gasteiger partial charge on any atom is -0.449 e. The average Bonchev–Trinajstić information content (AvgIpc) is 2.75. The third-order valence-corrected chi connectivity index (χ3v) is 4.04. The number of ether oxygens (including phenoxy) is 1. The number of hydrogen-bond acceptors (Lipinski definition) is 3. The highest BCUT2D eigenvalue weighted by Crippen LogP contribution is 2.37. The predicted molar refractivity (Wildman–Crippen MR) is 71.5 cm³/mol. The largest absolute Gasteiger partial charge is 0.449 e. The van der Waals surface area contributed by atoms with E-state index in [2.05, 4.69) is 26.1 Å². The van der Waals surface area contributed by atoms with Crippen LogP contribution in [0.3, 0.4) is 0 Å². The molecular formula is C14H26N2O2.